The minimum atomic E-state index is -0.0204. The van der Waals surface area contributed by atoms with Gasteiger partial charge in [0, 0.05) is 26.2 Å². The van der Waals surface area contributed by atoms with Crippen molar-refractivity contribution >= 4 is 5.96 Å². The van der Waals surface area contributed by atoms with Crippen LogP contribution in [0.1, 0.15) is 33.1 Å². The Bertz CT molecular complexity index is 631. The van der Waals surface area contributed by atoms with Crippen molar-refractivity contribution in [2.24, 2.45) is 10.9 Å². The number of aliphatic imine (C=N–C) groups is 1. The van der Waals surface area contributed by atoms with Gasteiger partial charge in [0.2, 0.25) is 0 Å². The number of methoxy groups -OCH3 is 1. The maximum absolute atomic E-state index is 6.05. The first-order chi connectivity index (χ1) is 13.7. The van der Waals surface area contributed by atoms with Crippen LogP contribution in [0, 0.1) is 5.92 Å². The molecule has 6 heteroatoms. The lowest BCUT2D eigenvalue weighted by Gasteiger charge is -2.24. The molecule has 28 heavy (non-hydrogen) atoms. The van der Waals surface area contributed by atoms with Crippen molar-refractivity contribution in [2.45, 2.75) is 39.2 Å². The first-order valence-corrected chi connectivity index (χ1v) is 10.7. The second-order valence-electron chi connectivity index (χ2n) is 7.88. The molecule has 0 radical (unpaired) electrons. The van der Waals surface area contributed by atoms with Gasteiger partial charge in [-0.05, 0) is 64.3 Å². The Labute approximate surface area is 169 Å². The molecule has 2 heterocycles. The molecule has 0 saturated carbocycles. The third kappa shape index (κ3) is 5.77. The van der Waals surface area contributed by atoms with E-state index in [1.807, 2.05) is 24.3 Å². The van der Waals surface area contributed by atoms with Gasteiger partial charge in [-0.15, -0.1) is 0 Å². The van der Waals surface area contributed by atoms with E-state index < -0.39 is 0 Å². The van der Waals surface area contributed by atoms with Crippen LogP contribution < -0.4 is 14.8 Å². The van der Waals surface area contributed by atoms with Crippen molar-refractivity contribution in [3.8, 4) is 11.5 Å². The first-order valence-electron chi connectivity index (χ1n) is 10.7. The van der Waals surface area contributed by atoms with Crippen LogP contribution in [0.2, 0.25) is 0 Å². The molecular weight excluding hydrogens is 352 g/mol. The fourth-order valence-corrected chi connectivity index (χ4v) is 4.12. The highest BCUT2D eigenvalue weighted by atomic mass is 16.5. The lowest BCUT2D eigenvalue weighted by atomic mass is 10.1. The van der Waals surface area contributed by atoms with E-state index in [-0.39, 0.29) is 6.10 Å². The summed E-state index contributed by atoms with van der Waals surface area (Å²) in [5.41, 5.74) is 0. The van der Waals surface area contributed by atoms with Crippen LogP contribution in [0.25, 0.3) is 0 Å². The summed E-state index contributed by atoms with van der Waals surface area (Å²) in [5.74, 6) is 3.30. The van der Waals surface area contributed by atoms with E-state index in [0.717, 1.165) is 43.0 Å². The smallest absolute Gasteiger partial charge is 0.194 e. The van der Waals surface area contributed by atoms with E-state index in [1.165, 1.54) is 38.9 Å². The van der Waals surface area contributed by atoms with E-state index in [4.69, 9.17) is 14.5 Å². The molecule has 156 valence electrons. The van der Waals surface area contributed by atoms with Crippen molar-refractivity contribution < 1.29 is 9.47 Å². The molecule has 0 aliphatic carbocycles. The zero-order valence-corrected chi connectivity index (χ0v) is 17.7. The van der Waals surface area contributed by atoms with Crippen LogP contribution in [0.5, 0.6) is 11.5 Å². The number of hydrogen-bond donors (Lipinski definition) is 1. The quantitative estimate of drug-likeness (QED) is 0.548. The monoisotopic (exact) mass is 388 g/mol. The standard InChI is InChI=1S/C22H36N4O2/c1-4-23-22(26-14-11-19(17-26)16-25-12-7-8-13-25)24-15-18(2)28-21-10-6-5-9-20(21)27-3/h5-6,9-10,18-19H,4,7-8,11-17H2,1-3H3,(H,23,24). The second kappa shape index (κ2) is 10.6. The number of para-hydroxylation sites is 2. The molecule has 6 nitrogen and oxygen atoms in total. The number of nitrogens with one attached hydrogen (secondary N) is 1. The van der Waals surface area contributed by atoms with Gasteiger partial charge in [0.25, 0.3) is 0 Å². The predicted octanol–water partition coefficient (Wildman–Crippen LogP) is 2.85. The molecule has 0 amide bonds. The van der Waals surface area contributed by atoms with Gasteiger partial charge in [-0.3, -0.25) is 0 Å². The Balaban J connectivity index is 1.53. The largest absolute Gasteiger partial charge is 0.493 e. The summed E-state index contributed by atoms with van der Waals surface area (Å²) in [6.45, 7) is 11.7. The van der Waals surface area contributed by atoms with Crippen LogP contribution in [0.4, 0.5) is 0 Å². The van der Waals surface area contributed by atoms with Gasteiger partial charge in [-0.2, -0.15) is 0 Å². The summed E-state index contributed by atoms with van der Waals surface area (Å²) >= 11 is 0. The summed E-state index contributed by atoms with van der Waals surface area (Å²) in [6, 6.07) is 7.76. The SMILES string of the molecule is CCNC(=NCC(C)Oc1ccccc1OC)N1CCC(CN2CCCC2)C1. The number of hydrogen-bond acceptors (Lipinski definition) is 4. The predicted molar refractivity (Wildman–Crippen MR) is 114 cm³/mol. The van der Waals surface area contributed by atoms with Crippen molar-refractivity contribution in [3.63, 3.8) is 0 Å². The number of nitrogens with zero attached hydrogens (tertiary/aromatic N) is 3. The minimum absolute atomic E-state index is 0.0204. The van der Waals surface area contributed by atoms with E-state index >= 15 is 0 Å². The Hall–Kier alpha value is -1.95. The van der Waals surface area contributed by atoms with E-state index in [2.05, 4.69) is 29.0 Å². The molecule has 2 unspecified atom stereocenters. The molecule has 0 bridgehead atoms. The normalized spacial score (nSPS) is 21.8. The van der Waals surface area contributed by atoms with Crippen LogP contribution in [-0.2, 0) is 0 Å². The number of likely N-dealkylation sites (tertiary alicyclic amines) is 2. The van der Waals surface area contributed by atoms with Crippen LogP contribution in [-0.4, -0.2) is 74.8 Å². The summed E-state index contributed by atoms with van der Waals surface area (Å²) in [4.78, 5) is 9.91. The van der Waals surface area contributed by atoms with E-state index in [0.29, 0.717) is 6.54 Å². The highest BCUT2D eigenvalue weighted by molar-refractivity contribution is 5.80. The number of guanidine groups is 1. The summed E-state index contributed by atoms with van der Waals surface area (Å²) in [7, 11) is 1.67. The van der Waals surface area contributed by atoms with Crippen LogP contribution in [0.3, 0.4) is 0 Å². The molecule has 0 spiro atoms. The highest BCUT2D eigenvalue weighted by Gasteiger charge is 2.27. The Morgan fingerprint density at radius 1 is 1.21 bits per heavy atom. The zero-order valence-electron chi connectivity index (χ0n) is 17.7. The van der Waals surface area contributed by atoms with Gasteiger partial charge in [0.15, 0.2) is 17.5 Å². The average molecular weight is 389 g/mol. The third-order valence-electron chi connectivity index (χ3n) is 5.53. The van der Waals surface area contributed by atoms with Gasteiger partial charge >= 0.3 is 0 Å². The zero-order chi connectivity index (χ0) is 19.8. The van der Waals surface area contributed by atoms with Crippen molar-refractivity contribution in [2.75, 3.05) is 52.9 Å². The minimum Gasteiger partial charge on any atom is -0.493 e. The molecule has 2 atom stereocenters. The molecule has 2 aliphatic rings. The fraction of sp³-hybridized carbons (Fsp3) is 0.682. The van der Waals surface area contributed by atoms with Crippen LogP contribution >= 0.6 is 0 Å². The topological polar surface area (TPSA) is 49.3 Å². The molecule has 1 aromatic carbocycles. The first kappa shape index (κ1) is 20.8. The number of benzene rings is 1. The van der Waals surface area contributed by atoms with Crippen molar-refractivity contribution in [1.29, 1.82) is 0 Å². The molecule has 1 aromatic rings. The fourth-order valence-electron chi connectivity index (χ4n) is 4.12. The Kier molecular flexibility index (Phi) is 7.83. The molecule has 2 saturated heterocycles. The molecule has 0 aromatic heterocycles. The van der Waals surface area contributed by atoms with Gasteiger partial charge < -0.3 is 24.6 Å². The lowest BCUT2D eigenvalue weighted by molar-refractivity contribution is 0.219. The molecule has 3 rings (SSSR count). The summed E-state index contributed by atoms with van der Waals surface area (Å²) in [5, 5.41) is 3.46. The van der Waals surface area contributed by atoms with Gasteiger partial charge in [0.1, 0.15) is 6.10 Å². The Morgan fingerprint density at radius 3 is 2.68 bits per heavy atom. The lowest BCUT2D eigenvalue weighted by Crippen LogP contribution is -2.41. The highest BCUT2D eigenvalue weighted by Crippen LogP contribution is 2.27. The van der Waals surface area contributed by atoms with Gasteiger partial charge in [-0.25, -0.2) is 4.99 Å². The average Bonchev–Trinajstić information content (AvgIpc) is 3.38. The molecular formula is C22H36N4O2. The number of ether oxygens (including phenoxy) is 2. The van der Waals surface area contributed by atoms with E-state index in [9.17, 15) is 0 Å². The molecule has 2 aliphatic heterocycles. The van der Waals surface area contributed by atoms with Gasteiger partial charge in [0.05, 0.1) is 13.7 Å². The number of rotatable bonds is 8. The summed E-state index contributed by atoms with van der Waals surface area (Å²) in [6.07, 6.45) is 3.97. The second-order valence-corrected chi connectivity index (χ2v) is 7.88. The van der Waals surface area contributed by atoms with E-state index in [1.54, 1.807) is 7.11 Å². The summed E-state index contributed by atoms with van der Waals surface area (Å²) < 4.78 is 11.4. The van der Waals surface area contributed by atoms with Crippen molar-refractivity contribution in [1.82, 2.24) is 15.1 Å². The van der Waals surface area contributed by atoms with Crippen LogP contribution in [0.15, 0.2) is 29.3 Å². The maximum Gasteiger partial charge on any atom is 0.194 e. The Morgan fingerprint density at radius 2 is 1.96 bits per heavy atom. The van der Waals surface area contributed by atoms with Gasteiger partial charge in [-0.1, -0.05) is 12.1 Å². The maximum atomic E-state index is 6.05. The molecule has 2 fully saturated rings. The third-order valence-corrected chi connectivity index (χ3v) is 5.53. The van der Waals surface area contributed by atoms with Crippen molar-refractivity contribution in [3.05, 3.63) is 24.3 Å². The molecule has 1 N–H and O–H groups in total.